The van der Waals surface area contributed by atoms with E-state index in [0.29, 0.717) is 21.9 Å². The van der Waals surface area contributed by atoms with Crippen molar-refractivity contribution >= 4 is 29.1 Å². The van der Waals surface area contributed by atoms with Gasteiger partial charge >= 0.3 is 11.9 Å². The Morgan fingerprint density at radius 1 is 0.865 bits per heavy atom. The fourth-order valence-corrected chi connectivity index (χ4v) is 4.51. The molecule has 188 valence electrons. The highest BCUT2D eigenvalue weighted by molar-refractivity contribution is 7.12. The van der Waals surface area contributed by atoms with Crippen LogP contribution in [0.15, 0.2) is 78.3 Å². The van der Waals surface area contributed by atoms with Crippen LogP contribution < -0.4 is 4.74 Å². The monoisotopic (exact) mass is 515 g/mol. The van der Waals surface area contributed by atoms with E-state index in [1.165, 1.54) is 11.3 Å². The van der Waals surface area contributed by atoms with Gasteiger partial charge in [0.05, 0.1) is 16.7 Å². The number of ether oxygens (including phenoxy) is 1. The second kappa shape index (κ2) is 11.2. The van der Waals surface area contributed by atoms with Gasteiger partial charge in [-0.3, -0.25) is 14.4 Å². The third-order valence-corrected chi connectivity index (χ3v) is 7.05. The van der Waals surface area contributed by atoms with Gasteiger partial charge in [-0.05, 0) is 54.1 Å². The third-order valence-electron chi connectivity index (χ3n) is 6.18. The lowest BCUT2D eigenvalue weighted by Gasteiger charge is -2.20. The average Bonchev–Trinajstić information content (AvgIpc) is 3.46. The Bertz CT molecular complexity index is 1430. The van der Waals surface area contributed by atoms with E-state index in [1.807, 2.05) is 35.7 Å². The highest BCUT2D eigenvalue weighted by Gasteiger charge is 2.21. The van der Waals surface area contributed by atoms with Gasteiger partial charge in [-0.1, -0.05) is 48.5 Å². The predicted octanol–water partition coefficient (Wildman–Crippen LogP) is 6.13. The molecule has 5 rings (SSSR count). The average molecular weight is 516 g/mol. The lowest BCUT2D eigenvalue weighted by Crippen LogP contribution is -2.10. The number of ketones is 1. The summed E-state index contributed by atoms with van der Waals surface area (Å²) in [5.41, 5.74) is 4.10. The first-order valence-electron chi connectivity index (χ1n) is 11.6. The largest absolute Gasteiger partial charge is 0.481 e. The molecule has 4 aromatic rings. The van der Waals surface area contributed by atoms with E-state index < -0.39 is 23.8 Å². The lowest BCUT2D eigenvalue weighted by molar-refractivity contribution is -0.139. The number of thiophene rings is 1. The van der Waals surface area contributed by atoms with Gasteiger partial charge in [0.1, 0.15) is 5.75 Å². The van der Waals surface area contributed by atoms with Gasteiger partial charge in [-0.25, -0.2) is 4.98 Å². The van der Waals surface area contributed by atoms with Gasteiger partial charge in [0.2, 0.25) is 11.7 Å². The predicted molar refractivity (Wildman–Crippen MR) is 140 cm³/mol. The number of carboxylic acids is 2. The quantitative estimate of drug-likeness (QED) is 0.261. The molecule has 0 saturated heterocycles. The summed E-state index contributed by atoms with van der Waals surface area (Å²) < 4.78 is 5.71. The molecule has 2 N–H and O–H groups in total. The molecule has 1 aliphatic rings. The van der Waals surface area contributed by atoms with Crippen molar-refractivity contribution in [3.63, 3.8) is 0 Å². The number of aliphatic carboxylic acids is 2. The van der Waals surface area contributed by atoms with Crippen molar-refractivity contribution in [1.29, 1.82) is 0 Å². The zero-order chi connectivity index (χ0) is 26.5. The fraction of sp³-hybridized carbons (Fsp3) is 0.172. The maximum Gasteiger partial charge on any atom is 0.310 e. The van der Waals surface area contributed by atoms with Crippen LogP contribution in [-0.2, 0) is 16.0 Å². The normalized spacial score (nSPS) is 13.0. The maximum absolute atomic E-state index is 12.0. The second-order valence-corrected chi connectivity index (χ2v) is 9.61. The van der Waals surface area contributed by atoms with Gasteiger partial charge in [0.25, 0.3) is 0 Å². The highest BCUT2D eigenvalue weighted by Crippen LogP contribution is 2.36. The van der Waals surface area contributed by atoms with Gasteiger partial charge in [-0.15, -0.1) is 11.3 Å². The Morgan fingerprint density at radius 2 is 1.54 bits per heavy atom. The molecule has 0 bridgehead atoms. The summed E-state index contributed by atoms with van der Waals surface area (Å²) >= 11 is 1.40. The van der Waals surface area contributed by atoms with Crippen LogP contribution in [0, 0.1) is 0 Å². The van der Waals surface area contributed by atoms with Crippen LogP contribution in [-0.4, -0.2) is 32.9 Å². The topological polar surface area (TPSA) is 114 Å². The number of nitrogens with zero attached hydrogens (tertiary/aromatic N) is 1. The summed E-state index contributed by atoms with van der Waals surface area (Å²) in [7, 11) is 0. The van der Waals surface area contributed by atoms with E-state index >= 15 is 0 Å². The third kappa shape index (κ3) is 5.92. The Kier molecular flexibility index (Phi) is 7.79. The van der Waals surface area contributed by atoms with E-state index in [4.69, 9.17) is 14.9 Å². The molecule has 2 unspecified atom stereocenters. The summed E-state index contributed by atoms with van der Waals surface area (Å²) in [6.45, 7) is 3.31. The van der Waals surface area contributed by atoms with E-state index in [-0.39, 0.29) is 5.78 Å². The molecule has 8 heteroatoms. The standard InChI is InChI=1S/C15H13NO3.C14H12O3S/c1-9(15(17)18)10-4-5-13-12(7-10)8-11-3-2-6-16-14(11)19-13;1-9(14(16)17)10-4-6-11(7-5-10)13(15)12-3-2-8-18-12/h2-7,9H,8H2,1H3,(H,17,18);2-9H,1H3,(H,16,17). The van der Waals surface area contributed by atoms with Crippen LogP contribution >= 0.6 is 11.3 Å². The van der Waals surface area contributed by atoms with Crippen LogP contribution in [0.3, 0.4) is 0 Å². The summed E-state index contributed by atoms with van der Waals surface area (Å²) in [6, 6.07) is 19.7. The van der Waals surface area contributed by atoms with E-state index in [9.17, 15) is 14.4 Å². The number of hydrogen-bond donors (Lipinski definition) is 2. The summed E-state index contributed by atoms with van der Waals surface area (Å²) in [6.07, 6.45) is 2.42. The molecule has 0 spiro atoms. The van der Waals surface area contributed by atoms with Crippen molar-refractivity contribution in [3.8, 4) is 11.6 Å². The first kappa shape index (κ1) is 25.8. The molecule has 0 fully saturated rings. The molecule has 2 atom stereocenters. The Morgan fingerprint density at radius 3 is 2.19 bits per heavy atom. The molecule has 2 aromatic heterocycles. The maximum atomic E-state index is 12.0. The first-order chi connectivity index (χ1) is 17.7. The Balaban J connectivity index is 0.000000173. The number of pyridine rings is 1. The lowest BCUT2D eigenvalue weighted by atomic mass is 9.95. The molecule has 0 amide bonds. The van der Waals surface area contributed by atoms with Crippen molar-refractivity contribution in [1.82, 2.24) is 4.98 Å². The van der Waals surface area contributed by atoms with Crippen molar-refractivity contribution < 1.29 is 29.3 Å². The zero-order valence-electron chi connectivity index (χ0n) is 20.3. The first-order valence-corrected chi connectivity index (χ1v) is 12.5. The molecule has 2 aromatic carbocycles. The summed E-state index contributed by atoms with van der Waals surface area (Å²) in [5.74, 6) is -1.40. The zero-order valence-corrected chi connectivity index (χ0v) is 21.1. The van der Waals surface area contributed by atoms with E-state index in [1.54, 1.807) is 56.4 Å². The van der Waals surface area contributed by atoms with Gasteiger partial charge in [-0.2, -0.15) is 0 Å². The van der Waals surface area contributed by atoms with Crippen molar-refractivity contribution in [2.24, 2.45) is 0 Å². The molecule has 0 aliphatic carbocycles. The minimum Gasteiger partial charge on any atom is -0.481 e. The number of aromatic nitrogens is 1. The molecule has 7 nitrogen and oxygen atoms in total. The SMILES string of the molecule is CC(C(=O)O)c1ccc(C(=O)c2cccs2)cc1.CC(C(=O)O)c1ccc2c(c1)Cc1cccnc1O2. The number of fused-ring (bicyclic) bond motifs is 2. The number of carboxylic acid groups (broad SMARTS) is 2. The number of carbonyl (C=O) groups excluding carboxylic acids is 1. The van der Waals surface area contributed by atoms with Crippen molar-refractivity contribution in [2.45, 2.75) is 32.1 Å². The Labute approximate surface area is 218 Å². The fourth-order valence-electron chi connectivity index (χ4n) is 3.82. The van der Waals surface area contributed by atoms with Crippen LogP contribution in [0.4, 0.5) is 0 Å². The molecule has 1 aliphatic heterocycles. The van der Waals surface area contributed by atoms with Crippen LogP contribution in [0.1, 0.15) is 63.2 Å². The second-order valence-electron chi connectivity index (χ2n) is 8.66. The van der Waals surface area contributed by atoms with Crippen LogP contribution in [0.5, 0.6) is 11.6 Å². The van der Waals surface area contributed by atoms with Gasteiger partial charge in [0.15, 0.2) is 0 Å². The molecular weight excluding hydrogens is 490 g/mol. The van der Waals surface area contributed by atoms with Crippen LogP contribution in [0.25, 0.3) is 0 Å². The van der Waals surface area contributed by atoms with Gasteiger partial charge in [0, 0.05) is 23.7 Å². The summed E-state index contributed by atoms with van der Waals surface area (Å²) in [4.78, 5) is 38.8. The van der Waals surface area contributed by atoms with E-state index in [2.05, 4.69) is 4.98 Å². The number of rotatable bonds is 6. The smallest absolute Gasteiger partial charge is 0.310 e. The minimum absolute atomic E-state index is 0.0282. The minimum atomic E-state index is -0.868. The van der Waals surface area contributed by atoms with Crippen molar-refractivity contribution in [2.75, 3.05) is 0 Å². The molecule has 3 heterocycles. The van der Waals surface area contributed by atoms with Crippen LogP contribution in [0.2, 0.25) is 0 Å². The molecule has 37 heavy (non-hydrogen) atoms. The highest BCUT2D eigenvalue weighted by atomic mass is 32.1. The van der Waals surface area contributed by atoms with E-state index in [0.717, 1.165) is 28.9 Å². The number of hydrogen-bond acceptors (Lipinski definition) is 6. The molecule has 0 saturated carbocycles. The Hall–Kier alpha value is -4.30. The number of benzene rings is 2. The molecule has 0 radical (unpaired) electrons. The van der Waals surface area contributed by atoms with Crippen molar-refractivity contribution in [3.05, 3.63) is 111 Å². The van der Waals surface area contributed by atoms with Gasteiger partial charge < -0.3 is 14.9 Å². The number of carbonyl (C=O) groups is 3. The summed E-state index contributed by atoms with van der Waals surface area (Å²) in [5, 5.41) is 19.8. The molecular formula is C29H25NO6S.